The van der Waals surface area contributed by atoms with E-state index in [2.05, 4.69) is 4.74 Å². The number of halogens is 6. The van der Waals surface area contributed by atoms with Gasteiger partial charge in [0, 0.05) is 29.4 Å². The van der Waals surface area contributed by atoms with Crippen LogP contribution in [0.1, 0.15) is 36.0 Å². The van der Waals surface area contributed by atoms with Crippen LogP contribution >= 0.6 is 0 Å². The van der Waals surface area contributed by atoms with E-state index in [1.165, 1.54) is 18.2 Å². The van der Waals surface area contributed by atoms with Gasteiger partial charge in [-0.05, 0) is 53.6 Å². The molecule has 0 aliphatic heterocycles. The molecule has 0 saturated carbocycles. The van der Waals surface area contributed by atoms with Gasteiger partial charge in [-0.2, -0.15) is 22.0 Å². The van der Waals surface area contributed by atoms with E-state index in [-0.39, 0.29) is 18.3 Å². The number of hydrogen-bond acceptors (Lipinski definition) is 6. The van der Waals surface area contributed by atoms with Crippen LogP contribution in [-0.2, 0) is 15.6 Å². The molecular weight excluding hydrogens is 542 g/mol. The third-order valence-electron chi connectivity index (χ3n) is 5.57. The van der Waals surface area contributed by atoms with Gasteiger partial charge in [-0.3, -0.25) is 0 Å². The zero-order valence-electron chi connectivity index (χ0n) is 21.2. The Morgan fingerprint density at radius 3 is 2.30 bits per heavy atom. The van der Waals surface area contributed by atoms with Crippen LogP contribution in [0.2, 0.25) is 0 Å². The highest BCUT2D eigenvalue weighted by atomic mass is 19.4. The number of esters is 1. The highest BCUT2D eigenvalue weighted by Crippen LogP contribution is 2.34. The van der Waals surface area contributed by atoms with Crippen LogP contribution in [0.15, 0.2) is 66.7 Å². The van der Waals surface area contributed by atoms with Crippen LogP contribution in [0.3, 0.4) is 0 Å². The van der Waals surface area contributed by atoms with Gasteiger partial charge in [0.1, 0.15) is 5.75 Å². The van der Waals surface area contributed by atoms with Gasteiger partial charge in [-0.25, -0.2) is 9.18 Å². The fourth-order valence-electron chi connectivity index (χ4n) is 3.48. The highest BCUT2D eigenvalue weighted by Gasteiger charge is 2.35. The molecule has 3 aromatic carbocycles. The van der Waals surface area contributed by atoms with Crippen molar-refractivity contribution in [3.05, 3.63) is 89.2 Å². The molecule has 40 heavy (non-hydrogen) atoms. The van der Waals surface area contributed by atoms with Crippen LogP contribution < -0.4 is 20.9 Å². The first-order valence-corrected chi connectivity index (χ1v) is 11.9. The fourth-order valence-corrected chi connectivity index (χ4v) is 3.48. The molecule has 6 nitrogen and oxygen atoms in total. The van der Waals surface area contributed by atoms with Crippen LogP contribution in [0.5, 0.6) is 11.5 Å². The first-order valence-electron chi connectivity index (χ1n) is 11.9. The van der Waals surface area contributed by atoms with Crippen molar-refractivity contribution < 1.29 is 45.3 Å². The van der Waals surface area contributed by atoms with Crippen molar-refractivity contribution in [3.8, 4) is 11.5 Å². The molecule has 1 atom stereocenters. The molecule has 0 saturated heterocycles. The Balaban J connectivity index is 1.54. The minimum Gasteiger partial charge on any atom is -0.493 e. The van der Waals surface area contributed by atoms with E-state index >= 15 is 0 Å². The minimum absolute atomic E-state index is 0.0526. The zero-order valence-corrected chi connectivity index (χ0v) is 21.2. The SMILES string of the molecule is CC(COC(=O)/C=C/c1ccc(C(F)(F)Oc2ccc(OCCC(F)(F)F)cc2F)cc1)c1ccc(N)cc1N. The van der Waals surface area contributed by atoms with Gasteiger partial charge in [0.2, 0.25) is 0 Å². The van der Waals surface area contributed by atoms with E-state index in [4.69, 9.17) is 20.9 Å². The molecule has 3 aromatic rings. The number of carbonyl (C=O) groups is 1. The van der Waals surface area contributed by atoms with Crippen LogP contribution in [-0.4, -0.2) is 25.4 Å². The second kappa shape index (κ2) is 12.7. The molecule has 0 aliphatic carbocycles. The number of ether oxygens (including phenoxy) is 3. The molecule has 0 amide bonds. The number of nitrogens with two attached hydrogens (primary N) is 2. The number of alkyl halides is 5. The van der Waals surface area contributed by atoms with Crippen molar-refractivity contribution in [3.63, 3.8) is 0 Å². The Bertz CT molecular complexity index is 1340. The summed E-state index contributed by atoms with van der Waals surface area (Å²) in [5, 5.41) is 0. The van der Waals surface area contributed by atoms with E-state index in [9.17, 15) is 31.1 Å². The summed E-state index contributed by atoms with van der Waals surface area (Å²) in [7, 11) is 0. The maximum Gasteiger partial charge on any atom is 0.426 e. The smallest absolute Gasteiger partial charge is 0.426 e. The van der Waals surface area contributed by atoms with Crippen molar-refractivity contribution in [1.29, 1.82) is 0 Å². The molecular formula is C28H26F6N2O4. The summed E-state index contributed by atoms with van der Waals surface area (Å²) < 4.78 is 94.6. The van der Waals surface area contributed by atoms with E-state index in [1.807, 2.05) is 6.92 Å². The maximum absolute atomic E-state index is 14.6. The molecule has 3 rings (SSSR count). The normalized spacial score (nSPS) is 12.8. The zero-order chi connectivity index (χ0) is 29.5. The average molecular weight is 569 g/mol. The largest absolute Gasteiger partial charge is 0.493 e. The van der Waals surface area contributed by atoms with Crippen LogP contribution in [0.4, 0.5) is 37.7 Å². The maximum atomic E-state index is 14.6. The third-order valence-corrected chi connectivity index (χ3v) is 5.57. The Labute approximate surface area is 226 Å². The van der Waals surface area contributed by atoms with Crippen molar-refractivity contribution >= 4 is 23.4 Å². The highest BCUT2D eigenvalue weighted by molar-refractivity contribution is 5.87. The predicted octanol–water partition coefficient (Wildman–Crippen LogP) is 6.81. The summed E-state index contributed by atoms with van der Waals surface area (Å²) in [6, 6.07) is 12.2. The standard InChI is InChI=1S/C28H26F6N2O4/c1-17(22-9-7-20(35)14-24(22)36)16-39-26(37)11-4-18-2-5-19(6-3-18)28(33,34)40-25-10-8-21(15-23(25)29)38-13-12-27(30,31)32/h2-11,14-15,17H,12-13,16,35-36H2,1H3/b11-4+. The van der Waals surface area contributed by atoms with E-state index in [0.717, 1.165) is 35.9 Å². The van der Waals surface area contributed by atoms with Crippen LogP contribution in [0.25, 0.3) is 6.08 Å². The Morgan fingerprint density at radius 2 is 1.68 bits per heavy atom. The molecule has 12 heteroatoms. The Kier molecular flexibility index (Phi) is 9.56. The summed E-state index contributed by atoms with van der Waals surface area (Å²) in [4.78, 5) is 12.1. The first-order chi connectivity index (χ1) is 18.7. The molecule has 4 N–H and O–H groups in total. The molecule has 0 spiro atoms. The van der Waals surface area contributed by atoms with Crippen molar-refractivity contribution in [2.24, 2.45) is 0 Å². The summed E-state index contributed by atoms with van der Waals surface area (Å²) >= 11 is 0. The van der Waals surface area contributed by atoms with Crippen molar-refractivity contribution in [2.75, 3.05) is 24.7 Å². The number of carbonyl (C=O) groups excluding carboxylic acids is 1. The molecule has 0 radical (unpaired) electrons. The Hall–Kier alpha value is -4.35. The summed E-state index contributed by atoms with van der Waals surface area (Å²) in [6.07, 6.45) is -7.15. The summed E-state index contributed by atoms with van der Waals surface area (Å²) in [6.45, 7) is 1.12. The minimum atomic E-state index is -4.45. The van der Waals surface area contributed by atoms with E-state index in [1.54, 1.807) is 18.2 Å². The second-order valence-corrected chi connectivity index (χ2v) is 8.80. The molecule has 0 aliphatic rings. The first kappa shape index (κ1) is 30.2. The number of nitrogen functional groups attached to an aromatic ring is 2. The lowest BCUT2D eigenvalue weighted by atomic mass is 10.00. The molecule has 0 heterocycles. The van der Waals surface area contributed by atoms with Gasteiger partial charge in [-0.1, -0.05) is 25.1 Å². The van der Waals surface area contributed by atoms with Crippen molar-refractivity contribution in [1.82, 2.24) is 0 Å². The number of benzene rings is 3. The molecule has 0 aromatic heterocycles. The van der Waals surface area contributed by atoms with Gasteiger partial charge in [-0.15, -0.1) is 0 Å². The third kappa shape index (κ3) is 8.85. The average Bonchev–Trinajstić information content (AvgIpc) is 2.87. The van der Waals surface area contributed by atoms with Gasteiger partial charge in [0.15, 0.2) is 11.6 Å². The van der Waals surface area contributed by atoms with Gasteiger partial charge in [0.05, 0.1) is 25.2 Å². The summed E-state index contributed by atoms with van der Waals surface area (Å²) in [5.74, 6) is -3.18. The van der Waals surface area contributed by atoms with E-state index < -0.39 is 48.4 Å². The van der Waals surface area contributed by atoms with Gasteiger partial charge >= 0.3 is 18.3 Å². The topological polar surface area (TPSA) is 96.8 Å². The lowest BCUT2D eigenvalue weighted by Gasteiger charge is -2.19. The number of rotatable bonds is 11. The second-order valence-electron chi connectivity index (χ2n) is 8.80. The molecule has 214 valence electrons. The Morgan fingerprint density at radius 1 is 0.975 bits per heavy atom. The molecule has 0 fully saturated rings. The lowest BCUT2D eigenvalue weighted by Crippen LogP contribution is -2.22. The quantitative estimate of drug-likeness (QED) is 0.114. The van der Waals surface area contributed by atoms with Crippen molar-refractivity contribution in [2.45, 2.75) is 31.5 Å². The molecule has 1 unspecified atom stereocenters. The van der Waals surface area contributed by atoms with E-state index in [0.29, 0.717) is 23.0 Å². The number of hydrogen-bond donors (Lipinski definition) is 2. The fraction of sp³-hybridized carbons (Fsp3) is 0.250. The van der Waals surface area contributed by atoms with Gasteiger partial charge in [0.25, 0.3) is 0 Å². The monoisotopic (exact) mass is 568 g/mol. The van der Waals surface area contributed by atoms with Gasteiger partial charge < -0.3 is 25.7 Å². The molecule has 0 bridgehead atoms. The predicted molar refractivity (Wildman–Crippen MR) is 137 cm³/mol. The van der Waals surface area contributed by atoms with Crippen LogP contribution in [0, 0.1) is 5.82 Å². The summed E-state index contributed by atoms with van der Waals surface area (Å²) in [5.41, 5.74) is 13.2. The lowest BCUT2D eigenvalue weighted by molar-refractivity contribution is -0.187. The number of anilines is 2.